The number of nitrogens with one attached hydrogen (secondary N) is 2. The van der Waals surface area contributed by atoms with Crippen molar-refractivity contribution in [1.82, 2.24) is 14.9 Å². The molecular weight excluding hydrogens is 346 g/mol. The molecule has 6 nitrogen and oxygen atoms in total. The Kier molecular flexibility index (Phi) is 4.56. The minimum Gasteiger partial charge on any atom is -0.347 e. The van der Waals surface area contributed by atoms with E-state index in [1.165, 1.54) is 6.20 Å². The number of thiophene rings is 1. The summed E-state index contributed by atoms with van der Waals surface area (Å²) < 4.78 is 1.35. The van der Waals surface area contributed by atoms with Gasteiger partial charge in [-0.05, 0) is 34.3 Å². The number of hydrogen-bond acceptors (Lipinski definition) is 4. The molecule has 0 aliphatic rings. The van der Waals surface area contributed by atoms with Gasteiger partial charge in [-0.15, -0.1) is 11.3 Å². The number of carbonyl (C=O) groups is 1. The van der Waals surface area contributed by atoms with Gasteiger partial charge in [-0.3, -0.25) is 19.1 Å². The van der Waals surface area contributed by atoms with Crippen LogP contribution in [0.5, 0.6) is 0 Å². The van der Waals surface area contributed by atoms with E-state index in [-0.39, 0.29) is 23.0 Å². The molecule has 0 radical (unpaired) electrons. The van der Waals surface area contributed by atoms with Gasteiger partial charge in [-0.2, -0.15) is 0 Å². The molecule has 2 aromatic heterocycles. The maximum Gasteiger partial charge on any atom is 0.328 e. The minimum atomic E-state index is -0.614. The molecule has 106 valence electrons. The quantitative estimate of drug-likeness (QED) is 0.863. The van der Waals surface area contributed by atoms with Gasteiger partial charge in [0, 0.05) is 11.1 Å². The van der Waals surface area contributed by atoms with E-state index in [2.05, 4.69) is 26.2 Å². The Labute approximate surface area is 126 Å². The summed E-state index contributed by atoms with van der Waals surface area (Å²) in [6.07, 6.45) is 1.30. The highest BCUT2D eigenvalue weighted by Crippen LogP contribution is 2.17. The topological polar surface area (TPSA) is 84.0 Å². The highest BCUT2D eigenvalue weighted by molar-refractivity contribution is 9.10. The standard InChI is InChI=1S/C12H12BrN3O3S/c1-7(9-3-2-4-20-9)14-10(17)6-16-5-8(13)11(18)15-12(16)19/h2-5,7H,6H2,1H3,(H,14,17)(H,15,18,19)/t7-/m1/s1. The molecule has 0 spiro atoms. The van der Waals surface area contributed by atoms with E-state index in [9.17, 15) is 14.4 Å². The molecule has 0 bridgehead atoms. The average molecular weight is 358 g/mol. The van der Waals surface area contributed by atoms with Crippen LogP contribution in [-0.2, 0) is 11.3 Å². The Morgan fingerprint density at radius 2 is 2.30 bits per heavy atom. The fraction of sp³-hybridized carbons (Fsp3) is 0.250. The van der Waals surface area contributed by atoms with Gasteiger partial charge < -0.3 is 5.32 Å². The van der Waals surface area contributed by atoms with E-state index < -0.39 is 11.2 Å². The van der Waals surface area contributed by atoms with Gasteiger partial charge in [0.15, 0.2) is 0 Å². The molecular formula is C12H12BrN3O3S. The van der Waals surface area contributed by atoms with Crippen LogP contribution in [0, 0.1) is 0 Å². The Morgan fingerprint density at radius 3 is 2.95 bits per heavy atom. The number of aromatic amines is 1. The molecule has 20 heavy (non-hydrogen) atoms. The van der Waals surface area contributed by atoms with Crippen LogP contribution in [0.2, 0.25) is 0 Å². The van der Waals surface area contributed by atoms with Crippen LogP contribution in [0.25, 0.3) is 0 Å². The van der Waals surface area contributed by atoms with Crippen molar-refractivity contribution < 1.29 is 4.79 Å². The Morgan fingerprint density at radius 1 is 1.55 bits per heavy atom. The van der Waals surface area contributed by atoms with Crippen molar-refractivity contribution in [2.24, 2.45) is 0 Å². The molecule has 0 aromatic carbocycles. The van der Waals surface area contributed by atoms with E-state index in [0.717, 1.165) is 9.44 Å². The summed E-state index contributed by atoms with van der Waals surface area (Å²) in [7, 11) is 0. The van der Waals surface area contributed by atoms with Crippen LogP contribution in [0.1, 0.15) is 17.8 Å². The number of aromatic nitrogens is 2. The van der Waals surface area contributed by atoms with Gasteiger partial charge in [-0.1, -0.05) is 6.07 Å². The van der Waals surface area contributed by atoms with Crippen molar-refractivity contribution >= 4 is 33.2 Å². The summed E-state index contributed by atoms with van der Waals surface area (Å²) in [6.45, 7) is 1.72. The SMILES string of the molecule is C[C@@H](NC(=O)Cn1cc(Br)c(=O)[nH]c1=O)c1cccs1. The lowest BCUT2D eigenvalue weighted by Crippen LogP contribution is -2.36. The van der Waals surface area contributed by atoms with Crippen LogP contribution in [-0.4, -0.2) is 15.5 Å². The van der Waals surface area contributed by atoms with Crippen molar-refractivity contribution in [2.45, 2.75) is 19.5 Å². The summed E-state index contributed by atoms with van der Waals surface area (Å²) >= 11 is 4.57. The third kappa shape index (κ3) is 3.45. The number of amides is 1. The van der Waals surface area contributed by atoms with Gasteiger partial charge in [0.05, 0.1) is 10.5 Å². The first-order valence-electron chi connectivity index (χ1n) is 5.79. The predicted molar refractivity (Wildman–Crippen MR) is 79.9 cm³/mol. The van der Waals surface area contributed by atoms with Crippen LogP contribution in [0.15, 0.2) is 37.8 Å². The highest BCUT2D eigenvalue weighted by atomic mass is 79.9. The van der Waals surface area contributed by atoms with Crippen LogP contribution in [0.3, 0.4) is 0 Å². The number of H-pyrrole nitrogens is 1. The Bertz CT molecular complexity index is 720. The van der Waals surface area contributed by atoms with Crippen LogP contribution in [0.4, 0.5) is 0 Å². The lowest BCUT2D eigenvalue weighted by Gasteiger charge is -2.12. The molecule has 0 saturated heterocycles. The van der Waals surface area contributed by atoms with E-state index in [0.29, 0.717) is 0 Å². The number of rotatable bonds is 4. The second-order valence-corrected chi connectivity index (χ2v) is 6.00. The van der Waals surface area contributed by atoms with Crippen molar-refractivity contribution in [2.75, 3.05) is 0 Å². The maximum absolute atomic E-state index is 11.9. The number of hydrogen-bond donors (Lipinski definition) is 2. The lowest BCUT2D eigenvalue weighted by atomic mass is 10.3. The van der Waals surface area contributed by atoms with Crippen LogP contribution < -0.4 is 16.6 Å². The Balaban J connectivity index is 2.07. The third-order valence-electron chi connectivity index (χ3n) is 2.63. The zero-order chi connectivity index (χ0) is 14.7. The highest BCUT2D eigenvalue weighted by Gasteiger charge is 2.12. The van der Waals surface area contributed by atoms with Crippen LogP contribution >= 0.6 is 27.3 Å². The van der Waals surface area contributed by atoms with Crippen molar-refractivity contribution in [3.05, 3.63) is 53.9 Å². The molecule has 0 saturated carbocycles. The van der Waals surface area contributed by atoms with Gasteiger partial charge in [0.25, 0.3) is 5.56 Å². The van der Waals surface area contributed by atoms with E-state index in [1.807, 2.05) is 24.4 Å². The smallest absolute Gasteiger partial charge is 0.328 e. The van der Waals surface area contributed by atoms with Gasteiger partial charge in [0.2, 0.25) is 5.91 Å². The van der Waals surface area contributed by atoms with Gasteiger partial charge in [0.1, 0.15) is 6.54 Å². The summed E-state index contributed by atoms with van der Waals surface area (Å²) in [4.78, 5) is 37.8. The third-order valence-corrected chi connectivity index (χ3v) is 4.25. The summed E-state index contributed by atoms with van der Waals surface area (Å²) in [5.74, 6) is -0.299. The monoisotopic (exact) mass is 357 g/mol. The molecule has 2 N–H and O–H groups in total. The van der Waals surface area contributed by atoms with Gasteiger partial charge >= 0.3 is 5.69 Å². The molecule has 1 amide bonds. The molecule has 8 heteroatoms. The summed E-state index contributed by atoms with van der Waals surface area (Å²) in [6, 6.07) is 3.72. The van der Waals surface area contributed by atoms with Crippen molar-refractivity contribution in [3.8, 4) is 0 Å². The normalized spacial score (nSPS) is 12.1. The first-order chi connectivity index (χ1) is 9.47. The van der Waals surface area contributed by atoms with Gasteiger partial charge in [-0.25, -0.2) is 4.79 Å². The zero-order valence-corrected chi connectivity index (χ0v) is 13.0. The van der Waals surface area contributed by atoms with E-state index >= 15 is 0 Å². The molecule has 2 rings (SSSR count). The predicted octanol–water partition coefficient (Wildman–Crippen LogP) is 1.24. The number of carbonyl (C=O) groups excluding carboxylic acids is 1. The molecule has 2 heterocycles. The van der Waals surface area contributed by atoms with E-state index in [4.69, 9.17) is 0 Å². The fourth-order valence-electron chi connectivity index (χ4n) is 1.65. The second-order valence-electron chi connectivity index (χ2n) is 4.17. The largest absolute Gasteiger partial charge is 0.347 e. The molecule has 1 atom stereocenters. The minimum absolute atomic E-state index is 0.121. The van der Waals surface area contributed by atoms with E-state index in [1.54, 1.807) is 11.3 Å². The fourth-order valence-corrected chi connectivity index (χ4v) is 2.73. The molecule has 0 fully saturated rings. The first kappa shape index (κ1) is 14.7. The van der Waals surface area contributed by atoms with Crippen molar-refractivity contribution in [1.29, 1.82) is 0 Å². The zero-order valence-electron chi connectivity index (χ0n) is 10.6. The number of halogens is 1. The lowest BCUT2D eigenvalue weighted by molar-refractivity contribution is -0.122. The Hall–Kier alpha value is -1.67. The van der Waals surface area contributed by atoms with Crippen molar-refractivity contribution in [3.63, 3.8) is 0 Å². The second kappa shape index (κ2) is 6.19. The number of nitrogens with zero attached hydrogens (tertiary/aromatic N) is 1. The maximum atomic E-state index is 11.9. The molecule has 0 aliphatic heterocycles. The molecule has 0 unspecified atom stereocenters. The first-order valence-corrected chi connectivity index (χ1v) is 7.46. The summed E-state index contributed by atoms with van der Waals surface area (Å²) in [5, 5.41) is 4.73. The molecule has 2 aromatic rings. The summed E-state index contributed by atoms with van der Waals surface area (Å²) in [5.41, 5.74) is -1.13. The molecule has 0 aliphatic carbocycles. The average Bonchev–Trinajstić information content (AvgIpc) is 2.89.